The maximum Gasteiger partial charge on any atom is 0.137 e. The first-order valence-corrected chi connectivity index (χ1v) is 11.0. The summed E-state index contributed by atoms with van der Waals surface area (Å²) in [6.45, 7) is 0. The molecule has 0 saturated heterocycles. The summed E-state index contributed by atoms with van der Waals surface area (Å²) >= 11 is 0. The van der Waals surface area contributed by atoms with Gasteiger partial charge in [-0.25, -0.2) is 0 Å². The molecule has 3 aliphatic rings. The van der Waals surface area contributed by atoms with E-state index in [2.05, 4.69) is 0 Å². The number of rotatable bonds is 3. The van der Waals surface area contributed by atoms with E-state index >= 15 is 0 Å². The minimum atomic E-state index is -0.294. The molecule has 0 spiro atoms. The van der Waals surface area contributed by atoms with Gasteiger partial charge in [0, 0.05) is 36.0 Å². The molecule has 1 saturated carbocycles. The summed E-state index contributed by atoms with van der Waals surface area (Å²) in [5.41, 5.74) is 3.80. The van der Waals surface area contributed by atoms with Crippen molar-refractivity contribution in [2.24, 2.45) is 11.8 Å². The van der Waals surface area contributed by atoms with Crippen molar-refractivity contribution in [2.75, 3.05) is 0 Å². The van der Waals surface area contributed by atoms with E-state index in [1.807, 2.05) is 18.2 Å². The average Bonchev–Trinajstić information content (AvgIpc) is 3.06. The topological polar surface area (TPSA) is 87.0 Å². The molecule has 1 fully saturated rings. The van der Waals surface area contributed by atoms with Crippen molar-refractivity contribution in [2.45, 2.75) is 63.6 Å². The molecule has 5 heteroatoms. The Bertz CT molecular complexity index is 982. The zero-order valence-corrected chi connectivity index (χ0v) is 17.0. The molecular formula is C25H28O5. The molecule has 5 nitrogen and oxygen atoms in total. The number of aliphatic hydroxyl groups is 1. The van der Waals surface area contributed by atoms with E-state index in [0.717, 1.165) is 53.7 Å². The van der Waals surface area contributed by atoms with Gasteiger partial charge in [-0.1, -0.05) is 18.6 Å². The molecule has 0 radical (unpaired) electrons. The van der Waals surface area contributed by atoms with Crippen LogP contribution in [0, 0.1) is 11.8 Å². The number of phenolic OH excluding ortho intramolecular Hbond substituents is 2. The third kappa shape index (κ3) is 3.45. The van der Waals surface area contributed by atoms with Gasteiger partial charge < -0.3 is 20.1 Å². The van der Waals surface area contributed by atoms with Crippen molar-refractivity contribution in [1.82, 2.24) is 0 Å². The molecule has 30 heavy (non-hydrogen) atoms. The highest BCUT2D eigenvalue weighted by Gasteiger charge is 2.42. The van der Waals surface area contributed by atoms with Crippen molar-refractivity contribution < 1.29 is 24.9 Å². The molecular weight excluding hydrogens is 380 g/mol. The number of hydrogen-bond donors (Lipinski definition) is 3. The Morgan fingerprint density at radius 2 is 1.90 bits per heavy atom. The first-order valence-electron chi connectivity index (χ1n) is 11.0. The van der Waals surface area contributed by atoms with Crippen LogP contribution in [0.1, 0.15) is 60.5 Å². The van der Waals surface area contributed by atoms with Crippen molar-refractivity contribution in [3.63, 3.8) is 0 Å². The fourth-order valence-electron chi connectivity index (χ4n) is 5.74. The van der Waals surface area contributed by atoms with E-state index in [0.29, 0.717) is 31.6 Å². The first-order chi connectivity index (χ1) is 14.5. The normalized spacial score (nSPS) is 28.1. The lowest BCUT2D eigenvalue weighted by Gasteiger charge is -2.34. The van der Waals surface area contributed by atoms with E-state index < -0.39 is 0 Å². The largest absolute Gasteiger partial charge is 0.508 e. The fraction of sp³-hybridized carbons (Fsp3) is 0.480. The Balaban J connectivity index is 1.52. The Labute approximate surface area is 176 Å². The lowest BCUT2D eigenvalue weighted by Crippen LogP contribution is -2.30. The SMILES string of the molecule is O=C1CCc2c(cccc2OC2c3cc(O)cc(O)c3CC2C2CCCC(O)C2)C1. The van der Waals surface area contributed by atoms with Gasteiger partial charge in [0.25, 0.3) is 0 Å². The summed E-state index contributed by atoms with van der Waals surface area (Å²) < 4.78 is 6.63. The predicted molar refractivity (Wildman–Crippen MR) is 112 cm³/mol. The molecule has 0 amide bonds. The summed E-state index contributed by atoms with van der Waals surface area (Å²) in [6, 6.07) is 8.99. The molecule has 2 aromatic rings. The smallest absolute Gasteiger partial charge is 0.137 e. The maximum absolute atomic E-state index is 11.9. The van der Waals surface area contributed by atoms with Gasteiger partial charge in [-0.3, -0.25) is 4.79 Å². The number of carbonyl (C=O) groups is 1. The lowest BCUT2D eigenvalue weighted by atomic mass is 9.76. The highest BCUT2D eigenvalue weighted by Crippen LogP contribution is 2.50. The highest BCUT2D eigenvalue weighted by molar-refractivity contribution is 5.83. The summed E-state index contributed by atoms with van der Waals surface area (Å²) in [6.07, 6.45) is 5.37. The first kappa shape index (κ1) is 19.4. The van der Waals surface area contributed by atoms with Gasteiger partial charge in [-0.2, -0.15) is 0 Å². The second-order valence-electron chi connectivity index (χ2n) is 9.13. The third-order valence-corrected chi connectivity index (χ3v) is 7.20. The van der Waals surface area contributed by atoms with E-state index in [4.69, 9.17) is 4.74 Å². The van der Waals surface area contributed by atoms with Gasteiger partial charge in [0.05, 0.1) is 6.10 Å². The van der Waals surface area contributed by atoms with Gasteiger partial charge in [0.1, 0.15) is 29.1 Å². The molecule has 4 unspecified atom stereocenters. The fourth-order valence-corrected chi connectivity index (χ4v) is 5.74. The second kappa shape index (κ2) is 7.62. The molecule has 0 aliphatic heterocycles. The van der Waals surface area contributed by atoms with E-state index in [1.165, 1.54) is 6.07 Å². The molecule has 3 N–H and O–H groups in total. The van der Waals surface area contributed by atoms with Crippen molar-refractivity contribution in [3.05, 3.63) is 52.6 Å². The summed E-state index contributed by atoms with van der Waals surface area (Å²) in [7, 11) is 0. The summed E-state index contributed by atoms with van der Waals surface area (Å²) in [5.74, 6) is 1.62. The van der Waals surface area contributed by atoms with Gasteiger partial charge in [-0.15, -0.1) is 0 Å². The standard InChI is InChI=1S/C25H28O5/c26-16-5-1-3-15(10-16)20-13-21-22(11-18(28)12-23(21)29)25(20)30-24-6-2-4-14-9-17(27)7-8-19(14)24/h2,4,6,11-12,15-16,20,25-26,28-29H,1,3,5,7-10,13H2. The number of carbonyl (C=O) groups excluding carboxylic acids is 1. The van der Waals surface area contributed by atoms with Gasteiger partial charge in [0.2, 0.25) is 0 Å². The summed E-state index contributed by atoms with van der Waals surface area (Å²) in [5, 5.41) is 30.9. The molecule has 0 aromatic heterocycles. The van der Waals surface area contributed by atoms with Gasteiger partial charge in [-0.05, 0) is 61.3 Å². The van der Waals surface area contributed by atoms with Crippen LogP contribution < -0.4 is 4.74 Å². The van der Waals surface area contributed by atoms with E-state index in [-0.39, 0.29) is 35.4 Å². The van der Waals surface area contributed by atoms with Crippen LogP contribution in [0.15, 0.2) is 30.3 Å². The quantitative estimate of drug-likeness (QED) is 0.715. The minimum absolute atomic E-state index is 0.0323. The van der Waals surface area contributed by atoms with Crippen molar-refractivity contribution in [1.29, 1.82) is 0 Å². The Hall–Kier alpha value is -2.53. The number of aliphatic hydroxyl groups excluding tert-OH is 1. The molecule has 4 atom stereocenters. The zero-order valence-electron chi connectivity index (χ0n) is 17.0. The minimum Gasteiger partial charge on any atom is -0.508 e. The van der Waals surface area contributed by atoms with Gasteiger partial charge >= 0.3 is 0 Å². The van der Waals surface area contributed by atoms with Crippen LogP contribution in [0.25, 0.3) is 0 Å². The number of ether oxygens (including phenoxy) is 1. The Morgan fingerprint density at radius 3 is 2.73 bits per heavy atom. The lowest BCUT2D eigenvalue weighted by molar-refractivity contribution is -0.118. The number of aromatic hydroxyl groups is 2. The summed E-state index contributed by atoms with van der Waals surface area (Å²) in [4.78, 5) is 11.9. The number of ketones is 1. The van der Waals surface area contributed by atoms with Crippen LogP contribution in [0.4, 0.5) is 0 Å². The highest BCUT2D eigenvalue weighted by atomic mass is 16.5. The van der Waals surface area contributed by atoms with E-state index in [9.17, 15) is 20.1 Å². The number of benzene rings is 2. The molecule has 3 aliphatic carbocycles. The number of fused-ring (bicyclic) bond motifs is 2. The number of hydrogen-bond acceptors (Lipinski definition) is 5. The van der Waals surface area contributed by atoms with Gasteiger partial charge in [0.15, 0.2) is 0 Å². The predicted octanol–water partition coefficient (Wildman–Crippen LogP) is 4.00. The Morgan fingerprint density at radius 1 is 1.03 bits per heavy atom. The van der Waals surface area contributed by atoms with Crippen LogP contribution in [0.5, 0.6) is 17.2 Å². The Kier molecular flexibility index (Phi) is 4.94. The van der Waals surface area contributed by atoms with Crippen LogP contribution in [0.3, 0.4) is 0 Å². The zero-order chi connectivity index (χ0) is 20.8. The van der Waals surface area contributed by atoms with Crippen LogP contribution in [-0.4, -0.2) is 27.2 Å². The second-order valence-corrected chi connectivity index (χ2v) is 9.13. The molecule has 158 valence electrons. The monoisotopic (exact) mass is 408 g/mol. The maximum atomic E-state index is 11.9. The molecule has 0 bridgehead atoms. The van der Waals surface area contributed by atoms with Crippen molar-refractivity contribution >= 4 is 5.78 Å². The van der Waals surface area contributed by atoms with Crippen molar-refractivity contribution in [3.8, 4) is 17.2 Å². The number of phenols is 2. The van der Waals surface area contributed by atoms with Crippen LogP contribution in [0.2, 0.25) is 0 Å². The molecule has 2 aromatic carbocycles. The third-order valence-electron chi connectivity index (χ3n) is 7.20. The van der Waals surface area contributed by atoms with Crippen LogP contribution in [-0.2, 0) is 24.1 Å². The number of Topliss-reactive ketones (excluding diaryl/α,β-unsaturated/α-hetero) is 1. The average molecular weight is 408 g/mol. The van der Waals surface area contributed by atoms with Crippen LogP contribution >= 0.6 is 0 Å². The van der Waals surface area contributed by atoms with E-state index in [1.54, 1.807) is 6.07 Å². The molecule has 0 heterocycles. The molecule has 5 rings (SSSR count).